The fourth-order valence-corrected chi connectivity index (χ4v) is 2.12. The van der Waals surface area contributed by atoms with E-state index < -0.39 is 0 Å². The molecule has 66 valence electrons. The maximum absolute atomic E-state index is 2.43. The molecule has 0 amide bonds. The lowest BCUT2D eigenvalue weighted by molar-refractivity contribution is 0.973. The van der Waals surface area contributed by atoms with Crippen LogP contribution < -0.4 is 0 Å². The van der Waals surface area contributed by atoms with Gasteiger partial charge in [0.25, 0.3) is 0 Å². The maximum atomic E-state index is 2.43. The van der Waals surface area contributed by atoms with E-state index in [2.05, 4.69) is 30.4 Å². The Hall–Kier alpha value is -1.04. The summed E-state index contributed by atoms with van der Waals surface area (Å²) in [5, 5.41) is 0. The summed E-state index contributed by atoms with van der Waals surface area (Å²) in [5.74, 6) is 0.899. The topological polar surface area (TPSA) is 0 Å². The molecule has 0 saturated heterocycles. The number of hydrogen-bond donors (Lipinski definition) is 0. The van der Waals surface area contributed by atoms with Crippen LogP contribution >= 0.6 is 0 Å². The smallest absolute Gasteiger partial charge is 0.0161 e. The van der Waals surface area contributed by atoms with Gasteiger partial charge in [0.1, 0.15) is 0 Å². The Balaban J connectivity index is 2.04. The van der Waals surface area contributed by atoms with Crippen LogP contribution in [0.4, 0.5) is 0 Å². The molecule has 0 nitrogen and oxygen atoms in total. The van der Waals surface area contributed by atoms with E-state index in [1.807, 2.05) is 0 Å². The van der Waals surface area contributed by atoms with Gasteiger partial charge in [-0.25, -0.2) is 0 Å². The van der Waals surface area contributed by atoms with Crippen LogP contribution in [0.3, 0.4) is 0 Å². The van der Waals surface area contributed by atoms with Gasteiger partial charge >= 0.3 is 0 Å². The van der Waals surface area contributed by atoms with Crippen molar-refractivity contribution in [3.05, 3.63) is 41.0 Å². The molecule has 1 aromatic rings. The minimum absolute atomic E-state index is 0.899. The summed E-state index contributed by atoms with van der Waals surface area (Å²) < 4.78 is 0. The van der Waals surface area contributed by atoms with E-state index in [-0.39, 0.29) is 0 Å². The molecule has 0 bridgehead atoms. The zero-order valence-corrected chi connectivity index (χ0v) is 7.79. The number of allylic oxidation sites excluding steroid dienone is 1. The van der Waals surface area contributed by atoms with Crippen molar-refractivity contribution in [3.63, 3.8) is 0 Å². The quantitative estimate of drug-likeness (QED) is 0.605. The van der Waals surface area contributed by atoms with Crippen molar-refractivity contribution in [1.29, 1.82) is 0 Å². The minimum Gasteiger partial charge on any atom is -0.0836 e. The predicted octanol–water partition coefficient (Wildman–Crippen LogP) is 3.52. The number of benzene rings is 1. The molecule has 0 aromatic heterocycles. The Bertz CT molecular complexity index is 356. The molecule has 2 aliphatic rings. The van der Waals surface area contributed by atoms with E-state index in [0.717, 1.165) is 5.92 Å². The van der Waals surface area contributed by atoms with E-state index in [9.17, 15) is 0 Å². The average Bonchev–Trinajstić information content (AvgIpc) is 3.00. The van der Waals surface area contributed by atoms with Gasteiger partial charge in [-0.2, -0.15) is 0 Å². The van der Waals surface area contributed by atoms with Gasteiger partial charge in [-0.05, 0) is 48.3 Å². The summed E-state index contributed by atoms with van der Waals surface area (Å²) in [6.45, 7) is 0. The van der Waals surface area contributed by atoms with Crippen LogP contribution in [-0.4, -0.2) is 0 Å². The highest BCUT2D eigenvalue weighted by Gasteiger charge is 2.23. The molecule has 1 saturated carbocycles. The molecule has 2 aliphatic carbocycles. The Labute approximate surface area is 79.3 Å². The van der Waals surface area contributed by atoms with Crippen LogP contribution in [0, 0.1) is 0 Å². The summed E-state index contributed by atoms with van der Waals surface area (Å²) >= 11 is 0. The van der Waals surface area contributed by atoms with Crippen molar-refractivity contribution in [2.24, 2.45) is 0 Å². The standard InChI is InChI=1S/C13H14/c1-2-4-12-9-13(11-5-6-11)8-7-10(12)3-1/h1,3,7-9,11H,2,4-6H2. The van der Waals surface area contributed by atoms with Crippen molar-refractivity contribution in [1.82, 2.24) is 0 Å². The second kappa shape index (κ2) is 2.73. The van der Waals surface area contributed by atoms with Gasteiger partial charge in [-0.3, -0.25) is 0 Å². The largest absolute Gasteiger partial charge is 0.0836 e. The average molecular weight is 170 g/mol. The van der Waals surface area contributed by atoms with Gasteiger partial charge in [0, 0.05) is 0 Å². The van der Waals surface area contributed by atoms with Crippen LogP contribution in [0.15, 0.2) is 24.3 Å². The molecule has 0 spiro atoms. The Morgan fingerprint density at radius 3 is 2.92 bits per heavy atom. The first-order valence-electron chi connectivity index (χ1n) is 5.23. The Morgan fingerprint density at radius 1 is 1.15 bits per heavy atom. The van der Waals surface area contributed by atoms with Gasteiger partial charge in [-0.1, -0.05) is 30.4 Å². The lowest BCUT2D eigenvalue weighted by Gasteiger charge is -2.11. The number of hydrogen-bond acceptors (Lipinski definition) is 0. The molecule has 13 heavy (non-hydrogen) atoms. The first-order valence-corrected chi connectivity index (χ1v) is 5.23. The second-order valence-electron chi connectivity index (χ2n) is 4.17. The molecule has 1 fully saturated rings. The molecule has 0 aliphatic heterocycles. The molecule has 0 unspecified atom stereocenters. The maximum Gasteiger partial charge on any atom is -0.0161 e. The summed E-state index contributed by atoms with van der Waals surface area (Å²) in [7, 11) is 0. The van der Waals surface area contributed by atoms with Gasteiger partial charge < -0.3 is 0 Å². The summed E-state index contributed by atoms with van der Waals surface area (Å²) in [4.78, 5) is 0. The third kappa shape index (κ3) is 1.31. The van der Waals surface area contributed by atoms with Crippen molar-refractivity contribution >= 4 is 6.08 Å². The van der Waals surface area contributed by atoms with E-state index in [4.69, 9.17) is 0 Å². The van der Waals surface area contributed by atoms with E-state index in [1.54, 1.807) is 11.1 Å². The first kappa shape index (κ1) is 7.37. The van der Waals surface area contributed by atoms with Crippen molar-refractivity contribution in [2.75, 3.05) is 0 Å². The molecule has 0 heterocycles. The van der Waals surface area contributed by atoms with Crippen molar-refractivity contribution in [2.45, 2.75) is 31.6 Å². The highest BCUT2D eigenvalue weighted by Crippen LogP contribution is 2.41. The van der Waals surface area contributed by atoms with Crippen LogP contribution in [0.5, 0.6) is 0 Å². The number of rotatable bonds is 1. The number of fused-ring (bicyclic) bond motifs is 1. The molecule has 0 heteroatoms. The van der Waals surface area contributed by atoms with Crippen LogP contribution in [0.1, 0.15) is 41.9 Å². The summed E-state index contributed by atoms with van der Waals surface area (Å²) in [5.41, 5.74) is 4.58. The minimum atomic E-state index is 0.899. The Morgan fingerprint density at radius 2 is 2.08 bits per heavy atom. The highest BCUT2D eigenvalue weighted by atomic mass is 14.3. The van der Waals surface area contributed by atoms with Gasteiger partial charge in [0.05, 0.1) is 0 Å². The molecular weight excluding hydrogens is 156 g/mol. The molecule has 0 radical (unpaired) electrons. The Kier molecular flexibility index (Phi) is 1.55. The lowest BCUT2D eigenvalue weighted by atomic mass is 9.94. The van der Waals surface area contributed by atoms with Crippen molar-refractivity contribution in [3.8, 4) is 0 Å². The van der Waals surface area contributed by atoms with Crippen LogP contribution in [-0.2, 0) is 6.42 Å². The molecule has 3 rings (SSSR count). The van der Waals surface area contributed by atoms with Crippen LogP contribution in [0.2, 0.25) is 0 Å². The zero-order chi connectivity index (χ0) is 8.67. The van der Waals surface area contributed by atoms with Gasteiger partial charge in [0.2, 0.25) is 0 Å². The van der Waals surface area contributed by atoms with E-state index in [1.165, 1.54) is 31.2 Å². The highest BCUT2D eigenvalue weighted by molar-refractivity contribution is 5.57. The SMILES string of the molecule is C1=Cc2ccc(C3CC3)cc2CC1. The molecular formula is C13H14. The van der Waals surface area contributed by atoms with Crippen LogP contribution in [0.25, 0.3) is 6.08 Å². The summed E-state index contributed by atoms with van der Waals surface area (Å²) in [6.07, 6.45) is 9.82. The van der Waals surface area contributed by atoms with Crippen molar-refractivity contribution < 1.29 is 0 Å². The van der Waals surface area contributed by atoms with E-state index >= 15 is 0 Å². The third-order valence-electron chi connectivity index (χ3n) is 3.09. The monoisotopic (exact) mass is 170 g/mol. The van der Waals surface area contributed by atoms with Gasteiger partial charge in [-0.15, -0.1) is 0 Å². The first-order chi connectivity index (χ1) is 6.43. The fourth-order valence-electron chi connectivity index (χ4n) is 2.12. The molecule has 1 aromatic carbocycles. The second-order valence-corrected chi connectivity index (χ2v) is 4.17. The third-order valence-corrected chi connectivity index (χ3v) is 3.09. The normalized spacial score (nSPS) is 20.0. The predicted molar refractivity (Wildman–Crippen MR) is 55.8 cm³/mol. The fraction of sp³-hybridized carbons (Fsp3) is 0.385. The zero-order valence-electron chi connectivity index (χ0n) is 7.79. The molecule has 0 atom stereocenters. The lowest BCUT2D eigenvalue weighted by Crippen LogP contribution is -1.95. The van der Waals surface area contributed by atoms with E-state index in [0.29, 0.717) is 0 Å². The number of aryl methyl sites for hydroxylation is 1. The summed E-state index contributed by atoms with van der Waals surface area (Å²) in [6, 6.07) is 7.03. The molecule has 0 N–H and O–H groups in total. The van der Waals surface area contributed by atoms with Gasteiger partial charge in [0.15, 0.2) is 0 Å².